The minimum absolute atomic E-state index is 0.0324. The molecule has 6 heteroatoms. The Bertz CT molecular complexity index is 321. The Morgan fingerprint density at radius 2 is 2.36 bits per heavy atom. The molecule has 1 heterocycles. The standard InChI is InChI=1S/C8H11N3O3/c1-6(8(13)14)10-7(12)5-11-4-2-3-9-11/h2-4,6H,5H2,1H3,(H,10,12)(H,13,14). The molecule has 0 saturated heterocycles. The van der Waals surface area contributed by atoms with Crippen LogP contribution in [0.1, 0.15) is 6.92 Å². The zero-order chi connectivity index (χ0) is 10.6. The van der Waals surface area contributed by atoms with Crippen LogP contribution < -0.4 is 5.32 Å². The maximum absolute atomic E-state index is 11.2. The number of carboxylic acids is 1. The lowest BCUT2D eigenvalue weighted by molar-refractivity contribution is -0.141. The van der Waals surface area contributed by atoms with Crippen molar-refractivity contribution >= 4 is 11.9 Å². The van der Waals surface area contributed by atoms with Gasteiger partial charge in [0.15, 0.2) is 0 Å². The van der Waals surface area contributed by atoms with Crippen molar-refractivity contribution in [3.8, 4) is 0 Å². The maximum Gasteiger partial charge on any atom is 0.325 e. The van der Waals surface area contributed by atoms with Gasteiger partial charge in [-0.05, 0) is 13.0 Å². The predicted octanol–water partition coefficient (Wildman–Crippen LogP) is -0.528. The van der Waals surface area contributed by atoms with E-state index in [2.05, 4.69) is 10.4 Å². The number of nitrogens with zero attached hydrogens (tertiary/aromatic N) is 2. The summed E-state index contributed by atoms with van der Waals surface area (Å²) in [6.45, 7) is 1.44. The van der Waals surface area contributed by atoms with Gasteiger partial charge in [-0.3, -0.25) is 14.3 Å². The third-order valence-corrected chi connectivity index (χ3v) is 1.61. The second-order valence-corrected chi connectivity index (χ2v) is 2.83. The lowest BCUT2D eigenvalue weighted by Crippen LogP contribution is -2.40. The Kier molecular flexibility index (Phi) is 3.22. The van der Waals surface area contributed by atoms with Gasteiger partial charge in [0.25, 0.3) is 0 Å². The fraction of sp³-hybridized carbons (Fsp3) is 0.375. The van der Waals surface area contributed by atoms with Gasteiger partial charge < -0.3 is 10.4 Å². The first-order valence-electron chi connectivity index (χ1n) is 4.09. The topological polar surface area (TPSA) is 84.2 Å². The number of aromatic nitrogens is 2. The van der Waals surface area contributed by atoms with E-state index in [1.165, 1.54) is 11.6 Å². The number of carbonyl (C=O) groups excluding carboxylic acids is 1. The molecule has 0 fully saturated rings. The number of aliphatic carboxylic acids is 1. The van der Waals surface area contributed by atoms with Gasteiger partial charge in [-0.2, -0.15) is 5.10 Å². The molecule has 0 aromatic carbocycles. The summed E-state index contributed by atoms with van der Waals surface area (Å²) in [6, 6.07) is 0.812. The number of carbonyl (C=O) groups is 2. The maximum atomic E-state index is 11.2. The third kappa shape index (κ3) is 2.89. The summed E-state index contributed by atoms with van der Waals surface area (Å²) in [5, 5.41) is 14.7. The van der Waals surface area contributed by atoms with Gasteiger partial charge in [0.1, 0.15) is 12.6 Å². The van der Waals surface area contributed by atoms with Crippen LogP contribution in [0.4, 0.5) is 0 Å². The van der Waals surface area contributed by atoms with Crippen molar-refractivity contribution in [2.75, 3.05) is 0 Å². The number of amides is 1. The predicted molar refractivity (Wildman–Crippen MR) is 47.5 cm³/mol. The molecule has 0 aliphatic carbocycles. The molecule has 1 aromatic heterocycles. The Labute approximate surface area is 80.5 Å². The van der Waals surface area contributed by atoms with Crippen LogP contribution >= 0.6 is 0 Å². The van der Waals surface area contributed by atoms with Crippen LogP contribution in [-0.2, 0) is 16.1 Å². The van der Waals surface area contributed by atoms with Crippen LogP contribution in [0.25, 0.3) is 0 Å². The Balaban J connectivity index is 2.40. The monoisotopic (exact) mass is 197 g/mol. The fourth-order valence-corrected chi connectivity index (χ4v) is 0.890. The molecule has 76 valence electrons. The molecule has 1 rings (SSSR count). The largest absolute Gasteiger partial charge is 0.480 e. The molecule has 0 spiro atoms. The van der Waals surface area contributed by atoms with E-state index in [1.807, 2.05) is 0 Å². The minimum Gasteiger partial charge on any atom is -0.480 e. The first kappa shape index (κ1) is 10.2. The molecule has 0 aliphatic heterocycles. The smallest absolute Gasteiger partial charge is 0.325 e. The summed E-state index contributed by atoms with van der Waals surface area (Å²) in [5.74, 6) is -1.43. The summed E-state index contributed by atoms with van der Waals surface area (Å²) in [7, 11) is 0. The molecule has 1 amide bonds. The number of hydrogen-bond acceptors (Lipinski definition) is 3. The molecule has 0 bridgehead atoms. The third-order valence-electron chi connectivity index (χ3n) is 1.61. The Morgan fingerprint density at radius 3 is 2.86 bits per heavy atom. The molecule has 14 heavy (non-hydrogen) atoms. The lowest BCUT2D eigenvalue weighted by Gasteiger charge is -2.08. The van der Waals surface area contributed by atoms with E-state index in [4.69, 9.17) is 5.11 Å². The van der Waals surface area contributed by atoms with Crippen LogP contribution in [0.3, 0.4) is 0 Å². The van der Waals surface area contributed by atoms with Crippen LogP contribution in [0.5, 0.6) is 0 Å². The van der Waals surface area contributed by atoms with Gasteiger partial charge in [0.05, 0.1) is 0 Å². The summed E-state index contributed by atoms with van der Waals surface area (Å²) in [5.41, 5.74) is 0. The van der Waals surface area contributed by atoms with Gasteiger partial charge in [-0.25, -0.2) is 0 Å². The molecule has 0 saturated carbocycles. The van der Waals surface area contributed by atoms with Gasteiger partial charge in [0.2, 0.25) is 5.91 Å². The SMILES string of the molecule is CC(NC(=O)Cn1cccn1)C(=O)O. The first-order chi connectivity index (χ1) is 6.59. The van der Waals surface area contributed by atoms with Crippen molar-refractivity contribution in [3.05, 3.63) is 18.5 Å². The van der Waals surface area contributed by atoms with E-state index in [0.29, 0.717) is 0 Å². The number of hydrogen-bond donors (Lipinski definition) is 2. The van der Waals surface area contributed by atoms with Crippen molar-refractivity contribution in [1.82, 2.24) is 15.1 Å². The normalized spacial score (nSPS) is 12.1. The molecule has 0 aliphatic rings. The second-order valence-electron chi connectivity index (χ2n) is 2.83. The van der Waals surface area contributed by atoms with Crippen molar-refractivity contribution < 1.29 is 14.7 Å². The van der Waals surface area contributed by atoms with Gasteiger partial charge in [-0.1, -0.05) is 0 Å². The molecular weight excluding hydrogens is 186 g/mol. The van der Waals surface area contributed by atoms with Crippen LogP contribution in [0, 0.1) is 0 Å². The van der Waals surface area contributed by atoms with Gasteiger partial charge in [0, 0.05) is 12.4 Å². The summed E-state index contributed by atoms with van der Waals surface area (Å²) in [4.78, 5) is 21.6. The Hall–Kier alpha value is -1.85. The molecule has 1 unspecified atom stereocenters. The number of carboxylic acid groups (broad SMARTS) is 1. The fourth-order valence-electron chi connectivity index (χ4n) is 0.890. The van der Waals surface area contributed by atoms with E-state index in [0.717, 1.165) is 0 Å². The van der Waals surface area contributed by atoms with E-state index >= 15 is 0 Å². The van der Waals surface area contributed by atoms with E-state index in [1.54, 1.807) is 18.5 Å². The first-order valence-corrected chi connectivity index (χ1v) is 4.09. The average molecular weight is 197 g/mol. The zero-order valence-corrected chi connectivity index (χ0v) is 7.67. The highest BCUT2D eigenvalue weighted by Crippen LogP contribution is 1.86. The summed E-state index contributed by atoms with van der Waals surface area (Å²) < 4.78 is 1.42. The molecule has 1 aromatic rings. The zero-order valence-electron chi connectivity index (χ0n) is 7.67. The van der Waals surface area contributed by atoms with Gasteiger partial charge >= 0.3 is 5.97 Å². The van der Waals surface area contributed by atoms with Crippen molar-refractivity contribution in [2.45, 2.75) is 19.5 Å². The molecule has 1 atom stereocenters. The highest BCUT2D eigenvalue weighted by Gasteiger charge is 2.13. The van der Waals surface area contributed by atoms with Crippen molar-refractivity contribution in [2.24, 2.45) is 0 Å². The van der Waals surface area contributed by atoms with Crippen molar-refractivity contribution in [1.29, 1.82) is 0 Å². The van der Waals surface area contributed by atoms with E-state index < -0.39 is 12.0 Å². The van der Waals surface area contributed by atoms with Crippen LogP contribution in [0.15, 0.2) is 18.5 Å². The van der Waals surface area contributed by atoms with E-state index in [-0.39, 0.29) is 12.5 Å². The minimum atomic E-state index is -1.06. The summed E-state index contributed by atoms with van der Waals surface area (Å²) in [6.07, 6.45) is 3.18. The second kappa shape index (κ2) is 4.40. The Morgan fingerprint density at radius 1 is 1.64 bits per heavy atom. The van der Waals surface area contributed by atoms with Crippen LogP contribution in [-0.4, -0.2) is 32.8 Å². The average Bonchev–Trinajstić information content (AvgIpc) is 2.56. The number of nitrogens with one attached hydrogen (secondary N) is 1. The van der Waals surface area contributed by atoms with Gasteiger partial charge in [-0.15, -0.1) is 0 Å². The van der Waals surface area contributed by atoms with Crippen molar-refractivity contribution in [3.63, 3.8) is 0 Å². The molecule has 2 N–H and O–H groups in total. The quantitative estimate of drug-likeness (QED) is 0.679. The van der Waals surface area contributed by atoms with E-state index in [9.17, 15) is 9.59 Å². The molecule has 6 nitrogen and oxygen atoms in total. The summed E-state index contributed by atoms with van der Waals surface area (Å²) >= 11 is 0. The van der Waals surface area contributed by atoms with Crippen LogP contribution in [0.2, 0.25) is 0 Å². The number of rotatable bonds is 4. The molecule has 0 radical (unpaired) electrons. The lowest BCUT2D eigenvalue weighted by atomic mass is 10.3. The molecular formula is C8H11N3O3. The highest BCUT2D eigenvalue weighted by molar-refractivity contribution is 5.82. The highest BCUT2D eigenvalue weighted by atomic mass is 16.4.